The van der Waals surface area contributed by atoms with E-state index in [0.717, 1.165) is 6.07 Å². The van der Waals surface area contributed by atoms with E-state index in [9.17, 15) is 13.9 Å². The van der Waals surface area contributed by atoms with Crippen LogP contribution in [0.5, 0.6) is 5.88 Å². The molecule has 1 N–H and O–H groups in total. The Labute approximate surface area is 109 Å². The third kappa shape index (κ3) is 2.42. The van der Waals surface area contributed by atoms with Crippen LogP contribution < -0.4 is 4.74 Å². The highest BCUT2D eigenvalue weighted by Gasteiger charge is 2.24. The van der Waals surface area contributed by atoms with Crippen molar-refractivity contribution in [3.05, 3.63) is 58.8 Å². The van der Waals surface area contributed by atoms with Crippen LogP contribution in [-0.4, -0.2) is 17.2 Å². The summed E-state index contributed by atoms with van der Waals surface area (Å²) in [6, 6.07) is 5.52. The monoisotopic (exact) mass is 265 g/mol. The lowest BCUT2D eigenvalue weighted by Gasteiger charge is -2.16. The quantitative estimate of drug-likeness (QED) is 0.927. The van der Waals surface area contributed by atoms with Crippen LogP contribution >= 0.6 is 0 Å². The van der Waals surface area contributed by atoms with Crippen LogP contribution in [0.3, 0.4) is 0 Å². The minimum atomic E-state index is -1.47. The first-order chi connectivity index (χ1) is 9.06. The van der Waals surface area contributed by atoms with Crippen molar-refractivity contribution in [1.82, 2.24) is 4.98 Å². The van der Waals surface area contributed by atoms with Gasteiger partial charge < -0.3 is 9.84 Å². The van der Waals surface area contributed by atoms with Gasteiger partial charge in [0.1, 0.15) is 17.7 Å². The Morgan fingerprint density at radius 1 is 1.26 bits per heavy atom. The molecule has 0 amide bonds. The number of pyridine rings is 1. The normalized spacial score (nSPS) is 12.3. The minimum absolute atomic E-state index is 0.135. The number of aliphatic hydroxyl groups excluding tert-OH is 1. The second-order valence-electron chi connectivity index (χ2n) is 4.10. The number of hydrogen-bond acceptors (Lipinski definition) is 3. The Bertz CT molecular complexity index is 602. The molecular formula is C14H13F2NO2. The van der Waals surface area contributed by atoms with Crippen molar-refractivity contribution in [3.8, 4) is 5.88 Å². The Kier molecular flexibility index (Phi) is 3.76. The van der Waals surface area contributed by atoms with E-state index < -0.39 is 23.3 Å². The molecular weight excluding hydrogens is 252 g/mol. The van der Waals surface area contributed by atoms with Gasteiger partial charge in [0.15, 0.2) is 0 Å². The van der Waals surface area contributed by atoms with Crippen LogP contribution in [0.2, 0.25) is 0 Å². The molecule has 1 aromatic carbocycles. The molecule has 0 spiro atoms. The Morgan fingerprint density at radius 2 is 2.00 bits per heavy atom. The SMILES string of the molecule is COc1ncccc1C(O)c1c(F)ccc(C)c1F. The summed E-state index contributed by atoms with van der Waals surface area (Å²) in [5, 5.41) is 10.2. The van der Waals surface area contributed by atoms with Gasteiger partial charge in [0.25, 0.3) is 0 Å². The van der Waals surface area contributed by atoms with Gasteiger partial charge in [-0.3, -0.25) is 0 Å². The highest BCUT2D eigenvalue weighted by Crippen LogP contribution is 2.32. The number of aliphatic hydroxyl groups is 1. The number of hydrogen-bond donors (Lipinski definition) is 1. The third-order valence-corrected chi connectivity index (χ3v) is 2.88. The molecule has 0 aliphatic rings. The summed E-state index contributed by atoms with van der Waals surface area (Å²) in [5.41, 5.74) is 0.0815. The standard InChI is InChI=1S/C14H13F2NO2/c1-8-5-6-10(15)11(12(8)16)13(18)9-4-3-7-17-14(9)19-2/h3-7,13,18H,1-2H3. The molecule has 0 radical (unpaired) electrons. The molecule has 0 saturated carbocycles. The Morgan fingerprint density at radius 3 is 2.68 bits per heavy atom. The summed E-state index contributed by atoms with van der Waals surface area (Å²) < 4.78 is 32.7. The van der Waals surface area contributed by atoms with Crippen LogP contribution in [0.25, 0.3) is 0 Å². The van der Waals surface area contributed by atoms with Gasteiger partial charge in [-0.25, -0.2) is 13.8 Å². The van der Waals surface area contributed by atoms with Crippen molar-refractivity contribution in [1.29, 1.82) is 0 Å². The predicted molar refractivity (Wildman–Crippen MR) is 65.9 cm³/mol. The molecule has 0 saturated heterocycles. The molecule has 0 aliphatic carbocycles. The summed E-state index contributed by atoms with van der Waals surface area (Å²) in [5.74, 6) is -1.43. The first-order valence-corrected chi connectivity index (χ1v) is 5.67. The van der Waals surface area contributed by atoms with Crippen LogP contribution in [-0.2, 0) is 0 Å². The average molecular weight is 265 g/mol. The molecule has 19 heavy (non-hydrogen) atoms. The number of halogens is 2. The van der Waals surface area contributed by atoms with Crippen LogP contribution in [0.4, 0.5) is 8.78 Å². The van der Waals surface area contributed by atoms with Gasteiger partial charge in [0.2, 0.25) is 5.88 Å². The molecule has 5 heteroatoms. The molecule has 0 bridgehead atoms. The maximum atomic E-state index is 14.0. The number of ether oxygens (including phenoxy) is 1. The predicted octanol–water partition coefficient (Wildman–Crippen LogP) is 2.76. The molecule has 0 fully saturated rings. The first kappa shape index (κ1) is 13.4. The Balaban J connectivity index is 2.56. The fourth-order valence-electron chi connectivity index (χ4n) is 1.87. The molecule has 1 atom stereocenters. The highest BCUT2D eigenvalue weighted by atomic mass is 19.1. The maximum Gasteiger partial charge on any atom is 0.219 e. The fraction of sp³-hybridized carbons (Fsp3) is 0.214. The molecule has 1 heterocycles. The van der Waals surface area contributed by atoms with Crippen molar-refractivity contribution in [3.63, 3.8) is 0 Å². The Hall–Kier alpha value is -2.01. The zero-order valence-electron chi connectivity index (χ0n) is 10.5. The van der Waals surface area contributed by atoms with E-state index >= 15 is 0 Å². The zero-order valence-corrected chi connectivity index (χ0v) is 10.5. The summed E-state index contributed by atoms with van der Waals surface area (Å²) >= 11 is 0. The largest absolute Gasteiger partial charge is 0.481 e. The maximum absolute atomic E-state index is 14.0. The van der Waals surface area contributed by atoms with Crippen molar-refractivity contribution in [2.45, 2.75) is 13.0 Å². The lowest BCUT2D eigenvalue weighted by Crippen LogP contribution is -2.09. The van der Waals surface area contributed by atoms with E-state index in [1.54, 1.807) is 6.07 Å². The van der Waals surface area contributed by atoms with Gasteiger partial charge in [-0.15, -0.1) is 0 Å². The number of benzene rings is 1. The lowest BCUT2D eigenvalue weighted by atomic mass is 9.99. The van der Waals surface area contributed by atoms with Crippen LogP contribution in [0.1, 0.15) is 22.8 Å². The van der Waals surface area contributed by atoms with Gasteiger partial charge in [-0.2, -0.15) is 0 Å². The van der Waals surface area contributed by atoms with Crippen molar-refractivity contribution >= 4 is 0 Å². The van der Waals surface area contributed by atoms with Crippen molar-refractivity contribution < 1.29 is 18.6 Å². The average Bonchev–Trinajstić information content (AvgIpc) is 2.43. The fourth-order valence-corrected chi connectivity index (χ4v) is 1.87. The number of methoxy groups -OCH3 is 1. The van der Waals surface area contributed by atoms with Gasteiger partial charge in [-0.05, 0) is 30.7 Å². The highest BCUT2D eigenvalue weighted by molar-refractivity contribution is 5.38. The molecule has 0 aliphatic heterocycles. The smallest absolute Gasteiger partial charge is 0.219 e. The third-order valence-electron chi connectivity index (χ3n) is 2.88. The van der Waals surface area contributed by atoms with Crippen molar-refractivity contribution in [2.24, 2.45) is 0 Å². The van der Waals surface area contributed by atoms with E-state index in [0.29, 0.717) is 0 Å². The summed E-state index contributed by atoms with van der Waals surface area (Å²) in [6.45, 7) is 1.51. The summed E-state index contributed by atoms with van der Waals surface area (Å²) in [7, 11) is 1.38. The summed E-state index contributed by atoms with van der Waals surface area (Å²) in [4.78, 5) is 3.90. The molecule has 1 unspecified atom stereocenters. The van der Waals surface area contributed by atoms with Gasteiger partial charge in [-0.1, -0.05) is 6.07 Å². The molecule has 2 aromatic rings. The molecule has 1 aromatic heterocycles. The van der Waals surface area contributed by atoms with Gasteiger partial charge in [0.05, 0.1) is 12.7 Å². The molecule has 100 valence electrons. The number of aryl methyl sites for hydroxylation is 1. The van der Waals surface area contributed by atoms with Crippen molar-refractivity contribution in [2.75, 3.05) is 7.11 Å². The van der Waals surface area contributed by atoms with E-state index in [4.69, 9.17) is 4.74 Å². The molecule has 3 nitrogen and oxygen atoms in total. The van der Waals surface area contributed by atoms with E-state index in [1.807, 2.05) is 0 Å². The summed E-state index contributed by atoms with van der Waals surface area (Å²) in [6.07, 6.45) is 0.00131. The van der Waals surface area contributed by atoms with Crippen LogP contribution in [0, 0.1) is 18.6 Å². The van der Waals surface area contributed by atoms with Gasteiger partial charge in [0, 0.05) is 11.8 Å². The lowest BCUT2D eigenvalue weighted by molar-refractivity contribution is 0.202. The molecule has 2 rings (SSSR count). The zero-order chi connectivity index (χ0) is 14.0. The topological polar surface area (TPSA) is 42.4 Å². The van der Waals surface area contributed by atoms with Crippen LogP contribution in [0.15, 0.2) is 30.5 Å². The van der Waals surface area contributed by atoms with E-state index in [-0.39, 0.29) is 17.0 Å². The second kappa shape index (κ2) is 5.32. The van der Waals surface area contributed by atoms with E-state index in [2.05, 4.69) is 4.98 Å². The number of aromatic nitrogens is 1. The first-order valence-electron chi connectivity index (χ1n) is 5.67. The minimum Gasteiger partial charge on any atom is -0.481 e. The number of rotatable bonds is 3. The second-order valence-corrected chi connectivity index (χ2v) is 4.10. The van der Waals surface area contributed by atoms with E-state index in [1.165, 1.54) is 32.4 Å². The van der Waals surface area contributed by atoms with Gasteiger partial charge >= 0.3 is 0 Å². The number of nitrogens with zero attached hydrogens (tertiary/aromatic N) is 1.